The predicted molar refractivity (Wildman–Crippen MR) is 74.3 cm³/mol. The first-order valence-electron chi connectivity index (χ1n) is 5.91. The zero-order chi connectivity index (χ0) is 13.8. The number of nitrogens with zero attached hydrogens (tertiary/aromatic N) is 1. The van der Waals surface area contributed by atoms with E-state index in [2.05, 4.69) is 4.98 Å². The number of carboxylic acid groups (broad SMARTS) is 1. The maximum atomic E-state index is 10.9. The third-order valence-corrected chi connectivity index (χ3v) is 3.99. The van der Waals surface area contributed by atoms with Crippen LogP contribution in [-0.4, -0.2) is 23.2 Å². The van der Waals surface area contributed by atoms with Gasteiger partial charge in [0, 0.05) is 17.6 Å². The van der Waals surface area contributed by atoms with E-state index >= 15 is 0 Å². The molecule has 0 radical (unpaired) electrons. The van der Waals surface area contributed by atoms with Crippen LogP contribution in [0.1, 0.15) is 22.9 Å². The molecule has 1 aromatic carbocycles. The monoisotopic (exact) mass is 277 g/mol. The molecule has 0 aliphatic heterocycles. The van der Waals surface area contributed by atoms with Crippen LogP contribution in [0.15, 0.2) is 30.3 Å². The van der Waals surface area contributed by atoms with Gasteiger partial charge in [0.2, 0.25) is 0 Å². The van der Waals surface area contributed by atoms with Crippen LogP contribution >= 0.6 is 11.3 Å². The van der Waals surface area contributed by atoms with Gasteiger partial charge in [-0.15, -0.1) is 11.3 Å². The molecule has 4 nitrogen and oxygen atoms in total. The highest BCUT2D eigenvalue weighted by Crippen LogP contribution is 2.32. The maximum absolute atomic E-state index is 10.9. The van der Waals surface area contributed by atoms with Gasteiger partial charge >= 0.3 is 5.97 Å². The number of rotatable bonds is 5. The van der Waals surface area contributed by atoms with Gasteiger partial charge in [-0.05, 0) is 6.92 Å². The third kappa shape index (κ3) is 3.19. The van der Waals surface area contributed by atoms with Gasteiger partial charge in [0.05, 0.1) is 12.1 Å². The van der Waals surface area contributed by atoms with Crippen LogP contribution in [0.5, 0.6) is 0 Å². The first-order chi connectivity index (χ1) is 9.11. The molecule has 1 N–H and O–H groups in total. The van der Waals surface area contributed by atoms with Crippen molar-refractivity contribution in [2.75, 3.05) is 7.11 Å². The summed E-state index contributed by atoms with van der Waals surface area (Å²) in [4.78, 5) is 16.2. The van der Waals surface area contributed by atoms with Crippen LogP contribution in [-0.2, 0) is 16.0 Å². The standard InChI is InChI=1S/C14H15NO3S/c1-9(18-2)14-15-13(10-6-4-3-5-7-10)11(19-14)8-12(16)17/h3-7,9H,8H2,1-2H3,(H,16,17). The van der Waals surface area contributed by atoms with Crippen molar-refractivity contribution in [3.63, 3.8) is 0 Å². The molecule has 0 fully saturated rings. The van der Waals surface area contributed by atoms with Crippen molar-refractivity contribution >= 4 is 17.3 Å². The Balaban J connectivity index is 2.45. The van der Waals surface area contributed by atoms with Gasteiger partial charge in [0.25, 0.3) is 0 Å². The van der Waals surface area contributed by atoms with Crippen LogP contribution in [0.3, 0.4) is 0 Å². The lowest BCUT2D eigenvalue weighted by atomic mass is 10.1. The highest BCUT2D eigenvalue weighted by Gasteiger charge is 2.18. The normalized spacial score (nSPS) is 12.3. The molecular formula is C14H15NO3S. The van der Waals surface area contributed by atoms with Gasteiger partial charge in [-0.3, -0.25) is 4.79 Å². The average molecular weight is 277 g/mol. The summed E-state index contributed by atoms with van der Waals surface area (Å²) in [5, 5.41) is 9.79. The predicted octanol–water partition coefficient (Wildman–Crippen LogP) is 3.14. The minimum Gasteiger partial charge on any atom is -0.481 e. The fourth-order valence-electron chi connectivity index (χ4n) is 1.72. The Morgan fingerprint density at radius 1 is 1.42 bits per heavy atom. The molecule has 0 aliphatic carbocycles. The number of ether oxygens (including phenoxy) is 1. The van der Waals surface area contributed by atoms with Crippen LogP contribution in [0.4, 0.5) is 0 Å². The number of hydrogen-bond donors (Lipinski definition) is 1. The molecular weight excluding hydrogens is 262 g/mol. The zero-order valence-corrected chi connectivity index (χ0v) is 11.6. The zero-order valence-electron chi connectivity index (χ0n) is 10.8. The quantitative estimate of drug-likeness (QED) is 0.912. The lowest BCUT2D eigenvalue weighted by molar-refractivity contribution is -0.136. The van der Waals surface area contributed by atoms with E-state index in [0.29, 0.717) is 0 Å². The molecule has 100 valence electrons. The van der Waals surface area contributed by atoms with Gasteiger partial charge < -0.3 is 9.84 Å². The van der Waals surface area contributed by atoms with Gasteiger partial charge in [0.15, 0.2) is 0 Å². The second-order valence-electron chi connectivity index (χ2n) is 4.14. The number of methoxy groups -OCH3 is 1. The average Bonchev–Trinajstić information content (AvgIpc) is 2.82. The van der Waals surface area contributed by atoms with Crippen molar-refractivity contribution in [3.05, 3.63) is 40.2 Å². The van der Waals surface area contributed by atoms with E-state index in [1.54, 1.807) is 7.11 Å². The number of aliphatic carboxylic acids is 1. The highest BCUT2D eigenvalue weighted by atomic mass is 32.1. The number of aromatic nitrogens is 1. The van der Waals surface area contributed by atoms with Crippen molar-refractivity contribution in [2.45, 2.75) is 19.4 Å². The molecule has 0 amide bonds. The lowest BCUT2D eigenvalue weighted by Gasteiger charge is -2.03. The van der Waals surface area contributed by atoms with Crippen LogP contribution in [0.2, 0.25) is 0 Å². The number of hydrogen-bond acceptors (Lipinski definition) is 4. The van der Waals surface area contributed by atoms with E-state index in [9.17, 15) is 4.79 Å². The third-order valence-electron chi connectivity index (χ3n) is 2.77. The second kappa shape index (κ2) is 5.95. The van der Waals surface area contributed by atoms with Gasteiger partial charge in [-0.25, -0.2) is 4.98 Å². The summed E-state index contributed by atoms with van der Waals surface area (Å²) in [6.45, 7) is 1.90. The smallest absolute Gasteiger partial charge is 0.308 e. The summed E-state index contributed by atoms with van der Waals surface area (Å²) < 4.78 is 5.25. The Morgan fingerprint density at radius 3 is 2.68 bits per heavy atom. The molecule has 1 atom stereocenters. The fraction of sp³-hybridized carbons (Fsp3) is 0.286. The summed E-state index contributed by atoms with van der Waals surface area (Å²) in [7, 11) is 1.62. The minimum atomic E-state index is -0.850. The Kier molecular flexibility index (Phi) is 4.29. The molecule has 0 bridgehead atoms. The van der Waals surface area contributed by atoms with Crippen molar-refractivity contribution in [3.8, 4) is 11.3 Å². The number of carboxylic acids is 1. The van der Waals surface area contributed by atoms with Crippen molar-refractivity contribution in [2.24, 2.45) is 0 Å². The summed E-state index contributed by atoms with van der Waals surface area (Å²) in [5.41, 5.74) is 1.68. The molecule has 0 aliphatic rings. The van der Waals surface area contributed by atoms with Crippen LogP contribution in [0, 0.1) is 0 Å². The molecule has 2 rings (SSSR count). The maximum Gasteiger partial charge on any atom is 0.308 e. The second-order valence-corrected chi connectivity index (χ2v) is 5.25. The molecule has 1 unspecified atom stereocenters. The molecule has 0 saturated carbocycles. The van der Waals surface area contributed by atoms with Gasteiger partial charge in [-0.1, -0.05) is 30.3 Å². The minimum absolute atomic E-state index is 0.0155. The topological polar surface area (TPSA) is 59.4 Å². The number of benzene rings is 1. The Morgan fingerprint density at radius 2 is 2.11 bits per heavy atom. The Labute approximate surface area is 115 Å². The van der Waals surface area contributed by atoms with Crippen LogP contribution < -0.4 is 0 Å². The molecule has 2 aromatic rings. The molecule has 1 heterocycles. The summed E-state index contributed by atoms with van der Waals surface area (Å²) in [6.07, 6.45) is -0.145. The fourth-order valence-corrected chi connectivity index (χ4v) is 2.83. The first kappa shape index (κ1) is 13.7. The lowest BCUT2D eigenvalue weighted by Crippen LogP contribution is -1.99. The van der Waals surface area contributed by atoms with Gasteiger partial charge in [0.1, 0.15) is 11.1 Å². The summed E-state index contributed by atoms with van der Waals surface area (Å²) in [5.74, 6) is -0.850. The molecule has 5 heteroatoms. The van der Waals surface area contributed by atoms with Gasteiger partial charge in [-0.2, -0.15) is 0 Å². The van der Waals surface area contributed by atoms with Crippen molar-refractivity contribution < 1.29 is 14.6 Å². The Hall–Kier alpha value is -1.72. The molecule has 1 aromatic heterocycles. The largest absolute Gasteiger partial charge is 0.481 e. The SMILES string of the molecule is COC(C)c1nc(-c2ccccc2)c(CC(=O)O)s1. The van der Waals surface area contributed by atoms with Crippen molar-refractivity contribution in [1.29, 1.82) is 0 Å². The van der Waals surface area contributed by atoms with E-state index < -0.39 is 5.97 Å². The van der Waals surface area contributed by atoms with E-state index in [1.807, 2.05) is 37.3 Å². The van der Waals surface area contributed by atoms with E-state index in [-0.39, 0.29) is 12.5 Å². The summed E-state index contributed by atoms with van der Waals surface area (Å²) in [6, 6.07) is 9.62. The molecule has 19 heavy (non-hydrogen) atoms. The van der Waals surface area contributed by atoms with Crippen molar-refractivity contribution in [1.82, 2.24) is 4.98 Å². The Bertz CT molecular complexity index is 565. The molecule has 0 saturated heterocycles. The van der Waals surface area contributed by atoms with E-state index in [0.717, 1.165) is 21.1 Å². The van der Waals surface area contributed by atoms with E-state index in [1.165, 1.54) is 11.3 Å². The first-order valence-corrected chi connectivity index (χ1v) is 6.73. The van der Waals surface area contributed by atoms with Crippen LogP contribution in [0.25, 0.3) is 11.3 Å². The number of carbonyl (C=O) groups is 1. The number of thiazole rings is 1. The highest BCUT2D eigenvalue weighted by molar-refractivity contribution is 7.12. The molecule has 0 spiro atoms. The van der Waals surface area contributed by atoms with E-state index in [4.69, 9.17) is 9.84 Å². The summed E-state index contributed by atoms with van der Waals surface area (Å²) >= 11 is 1.40.